The van der Waals surface area contributed by atoms with Gasteiger partial charge in [0.2, 0.25) is 3.79 Å². The highest BCUT2D eigenvalue weighted by Gasteiger charge is 2.59. The fourth-order valence-electron chi connectivity index (χ4n) is 8.92. The maximum absolute atomic E-state index is 12.4. The van der Waals surface area contributed by atoms with Gasteiger partial charge in [0.1, 0.15) is 6.61 Å². The van der Waals surface area contributed by atoms with Crippen molar-refractivity contribution in [3.63, 3.8) is 0 Å². The molecule has 0 aromatic rings. The second-order valence-electron chi connectivity index (χ2n) is 13.0. The van der Waals surface area contributed by atoms with Gasteiger partial charge in [0.05, 0.1) is 6.10 Å². The molecule has 0 bridgehead atoms. The number of alkyl halides is 3. The molecule has 0 radical (unpaired) electrons. The highest BCUT2D eigenvalue weighted by Crippen LogP contribution is 2.66. The summed E-state index contributed by atoms with van der Waals surface area (Å²) >= 11 is 17.2. The molecule has 8 heteroatoms. The first kappa shape index (κ1) is 30.8. The van der Waals surface area contributed by atoms with Gasteiger partial charge in [0, 0.05) is 19.3 Å². The van der Waals surface area contributed by atoms with Crippen LogP contribution in [0, 0.1) is 34.5 Å². The zero-order valence-corrected chi connectivity index (χ0v) is 25.7. The third-order valence-electron chi connectivity index (χ3n) is 10.9. The Hall–Kier alpha value is -0.200. The second kappa shape index (κ2) is 12.8. The first-order chi connectivity index (χ1) is 18.0. The molecule has 0 aromatic heterocycles. The first-order valence-electron chi connectivity index (χ1n) is 14.9. The van der Waals surface area contributed by atoms with E-state index in [9.17, 15) is 4.79 Å². The minimum absolute atomic E-state index is 0.0194. The Morgan fingerprint density at radius 3 is 2.61 bits per heavy atom. The van der Waals surface area contributed by atoms with Gasteiger partial charge in [-0.05, 0) is 106 Å². The third-order valence-corrected chi connectivity index (χ3v) is 11.2. The van der Waals surface area contributed by atoms with Crippen molar-refractivity contribution in [2.75, 3.05) is 19.8 Å². The monoisotopic (exact) mass is 591 g/mol. The molecule has 8 atom stereocenters. The van der Waals surface area contributed by atoms with Crippen LogP contribution in [0.25, 0.3) is 0 Å². The zero-order valence-electron chi connectivity index (χ0n) is 23.5. The first-order valence-corrected chi connectivity index (χ1v) is 16.0. The minimum Gasteiger partial charge on any atom is -0.445 e. The molecule has 2 N–H and O–H groups in total. The van der Waals surface area contributed by atoms with Crippen LogP contribution in [0.1, 0.15) is 97.8 Å². The summed E-state index contributed by atoms with van der Waals surface area (Å²) in [5.41, 5.74) is 2.18. The van der Waals surface area contributed by atoms with E-state index in [0.29, 0.717) is 30.0 Å². The summed E-state index contributed by atoms with van der Waals surface area (Å²) in [6.45, 7) is 8.01. The van der Waals surface area contributed by atoms with Crippen LogP contribution in [-0.2, 0) is 9.47 Å². The number of aliphatic hydroxyl groups is 1. The Kier molecular flexibility index (Phi) is 10.3. The van der Waals surface area contributed by atoms with E-state index in [0.717, 1.165) is 63.4 Å². The lowest BCUT2D eigenvalue weighted by molar-refractivity contribution is -0.0609. The standard InChI is InChI=1S/C30H48Cl3NO4/c1-20(34-27(36)38-19-30(31,32)33)24-10-11-25-23-9-8-21-18-22(37-17-7-5-4-6-16-35)12-14-28(21,2)26(23)13-15-29(24,25)3/h8,20,22-26,35H,4-7,9-19H2,1-3H3,(H,34,36)/t20-,22+,23?,24-,25?,26?,28+,29-/m1/s1. The highest BCUT2D eigenvalue weighted by molar-refractivity contribution is 6.67. The number of alkyl carbamates (subject to hydrolysis) is 1. The number of hydrogen-bond acceptors (Lipinski definition) is 4. The molecule has 4 aliphatic carbocycles. The molecule has 0 heterocycles. The smallest absolute Gasteiger partial charge is 0.407 e. The van der Waals surface area contributed by atoms with E-state index in [2.05, 4.69) is 32.2 Å². The average Bonchev–Trinajstić information content (AvgIpc) is 3.22. The van der Waals surface area contributed by atoms with E-state index in [4.69, 9.17) is 49.4 Å². The topological polar surface area (TPSA) is 67.8 Å². The Morgan fingerprint density at radius 1 is 1.11 bits per heavy atom. The van der Waals surface area contributed by atoms with E-state index < -0.39 is 9.89 Å². The number of amides is 1. The van der Waals surface area contributed by atoms with Crippen LogP contribution in [0.5, 0.6) is 0 Å². The van der Waals surface area contributed by atoms with Crippen LogP contribution in [-0.4, -0.2) is 47.0 Å². The zero-order chi connectivity index (χ0) is 27.6. The van der Waals surface area contributed by atoms with Crippen LogP contribution >= 0.6 is 34.8 Å². The largest absolute Gasteiger partial charge is 0.445 e. The number of carbonyl (C=O) groups is 1. The molecule has 0 saturated heterocycles. The van der Waals surface area contributed by atoms with Gasteiger partial charge in [-0.15, -0.1) is 0 Å². The molecule has 4 rings (SSSR count). The predicted molar refractivity (Wildman–Crippen MR) is 155 cm³/mol. The summed E-state index contributed by atoms with van der Waals surface area (Å²) in [5.74, 6) is 2.58. The van der Waals surface area contributed by atoms with E-state index in [1.807, 2.05) is 0 Å². The van der Waals surface area contributed by atoms with E-state index >= 15 is 0 Å². The molecule has 0 aromatic carbocycles. The SMILES string of the molecule is C[C@@H](NC(=O)OCC(Cl)(Cl)Cl)[C@H]1CCC2C3CC=C4C[C@@H](OCCCCCCO)CC[C@]4(C)C3CC[C@@]21C. The Morgan fingerprint density at radius 2 is 1.87 bits per heavy atom. The number of ether oxygens (including phenoxy) is 2. The quantitative estimate of drug-likeness (QED) is 0.153. The lowest BCUT2D eigenvalue weighted by Crippen LogP contribution is -2.52. The summed E-state index contributed by atoms with van der Waals surface area (Å²) < 4.78 is 9.86. The fraction of sp³-hybridized carbons (Fsp3) is 0.900. The molecule has 0 spiro atoms. The van der Waals surface area contributed by atoms with Crippen LogP contribution in [0.15, 0.2) is 11.6 Å². The van der Waals surface area contributed by atoms with Crippen LogP contribution in [0.2, 0.25) is 0 Å². The molecule has 218 valence electrons. The average molecular weight is 593 g/mol. The van der Waals surface area contributed by atoms with Gasteiger partial charge in [-0.2, -0.15) is 0 Å². The highest BCUT2D eigenvalue weighted by atomic mass is 35.6. The van der Waals surface area contributed by atoms with Crippen molar-refractivity contribution in [3.05, 3.63) is 11.6 Å². The number of aliphatic hydroxyl groups excluding tert-OH is 1. The van der Waals surface area contributed by atoms with Gasteiger partial charge in [0.25, 0.3) is 0 Å². The molecule has 4 aliphatic rings. The Bertz CT molecular complexity index is 848. The molecule has 0 aliphatic heterocycles. The lowest BCUT2D eigenvalue weighted by Gasteiger charge is -2.58. The predicted octanol–water partition coefficient (Wildman–Crippen LogP) is 7.99. The van der Waals surface area contributed by atoms with Crippen molar-refractivity contribution in [3.8, 4) is 0 Å². The fourth-order valence-corrected chi connectivity index (χ4v) is 9.09. The molecule has 3 fully saturated rings. The number of fused-ring (bicyclic) bond motifs is 5. The number of allylic oxidation sites excluding steroid dienone is 1. The molecule has 5 nitrogen and oxygen atoms in total. The molecular formula is C30H48Cl3NO4. The van der Waals surface area contributed by atoms with Gasteiger partial charge < -0.3 is 19.9 Å². The van der Waals surface area contributed by atoms with Gasteiger partial charge in [-0.3, -0.25) is 0 Å². The summed E-state index contributed by atoms with van der Waals surface area (Å²) in [6.07, 6.45) is 16.2. The Balaban J connectivity index is 1.34. The summed E-state index contributed by atoms with van der Waals surface area (Å²) in [4.78, 5) is 12.4. The van der Waals surface area contributed by atoms with Crippen LogP contribution in [0.3, 0.4) is 0 Å². The molecule has 38 heavy (non-hydrogen) atoms. The summed E-state index contributed by atoms with van der Waals surface area (Å²) in [5, 5.41) is 12.0. The second-order valence-corrected chi connectivity index (χ2v) is 15.5. The van der Waals surface area contributed by atoms with Crippen molar-refractivity contribution in [2.24, 2.45) is 34.5 Å². The normalized spacial score (nSPS) is 37.4. The van der Waals surface area contributed by atoms with Crippen molar-refractivity contribution < 1.29 is 19.4 Å². The van der Waals surface area contributed by atoms with Crippen LogP contribution in [0.4, 0.5) is 4.79 Å². The number of halogens is 3. The van der Waals surface area contributed by atoms with Crippen molar-refractivity contribution in [1.29, 1.82) is 0 Å². The van der Waals surface area contributed by atoms with Crippen LogP contribution < -0.4 is 5.32 Å². The molecule has 3 unspecified atom stereocenters. The van der Waals surface area contributed by atoms with Crippen molar-refractivity contribution >= 4 is 40.9 Å². The van der Waals surface area contributed by atoms with Gasteiger partial charge >= 0.3 is 6.09 Å². The maximum atomic E-state index is 12.4. The Labute approximate surface area is 244 Å². The molecule has 3 saturated carbocycles. The lowest BCUT2D eigenvalue weighted by atomic mass is 9.47. The van der Waals surface area contributed by atoms with Crippen molar-refractivity contribution in [2.45, 2.75) is 114 Å². The van der Waals surface area contributed by atoms with Gasteiger partial charge in [-0.1, -0.05) is 73.1 Å². The number of nitrogens with one attached hydrogen (secondary N) is 1. The molecule has 1 amide bonds. The molecular weight excluding hydrogens is 545 g/mol. The summed E-state index contributed by atoms with van der Waals surface area (Å²) in [7, 11) is 0. The maximum Gasteiger partial charge on any atom is 0.407 e. The van der Waals surface area contributed by atoms with E-state index in [1.54, 1.807) is 5.57 Å². The third kappa shape index (κ3) is 6.81. The number of hydrogen-bond donors (Lipinski definition) is 2. The number of rotatable bonds is 10. The van der Waals surface area contributed by atoms with Gasteiger partial charge in [0.15, 0.2) is 0 Å². The summed E-state index contributed by atoms with van der Waals surface area (Å²) in [6, 6.07) is 0.0194. The number of carbonyl (C=O) groups excluding carboxylic acids is 1. The minimum atomic E-state index is -1.60. The van der Waals surface area contributed by atoms with Gasteiger partial charge in [-0.25, -0.2) is 4.79 Å². The van der Waals surface area contributed by atoms with Crippen molar-refractivity contribution in [1.82, 2.24) is 5.32 Å². The number of unbranched alkanes of at least 4 members (excludes halogenated alkanes) is 3. The van der Waals surface area contributed by atoms with E-state index in [-0.39, 0.29) is 18.1 Å². The van der Waals surface area contributed by atoms with E-state index in [1.165, 1.54) is 32.1 Å².